The van der Waals surface area contributed by atoms with E-state index in [4.69, 9.17) is 0 Å². The Morgan fingerprint density at radius 3 is 2.17 bits per heavy atom. The van der Waals surface area contributed by atoms with Crippen LogP contribution in [0.15, 0.2) is 0 Å². The molecular formula is C8H12INO2. The highest BCUT2D eigenvalue weighted by molar-refractivity contribution is 14.1. The lowest BCUT2D eigenvalue weighted by molar-refractivity contribution is -0.141. The Morgan fingerprint density at radius 2 is 1.92 bits per heavy atom. The SMILES string of the molecule is CC(C)N(C(=O)C(=O)I)C1CC1. The Balaban J connectivity index is 2.64. The third-order valence-corrected chi connectivity index (χ3v) is 2.36. The third-order valence-electron chi connectivity index (χ3n) is 1.90. The molecule has 0 N–H and O–H groups in total. The molecule has 1 rings (SSSR count). The maximum atomic E-state index is 11.3. The van der Waals surface area contributed by atoms with Crippen molar-refractivity contribution >= 4 is 32.3 Å². The molecule has 0 bridgehead atoms. The highest BCUT2D eigenvalue weighted by atomic mass is 127. The summed E-state index contributed by atoms with van der Waals surface area (Å²) in [5, 5.41) is 0. The van der Waals surface area contributed by atoms with Crippen LogP contribution >= 0.6 is 22.6 Å². The van der Waals surface area contributed by atoms with E-state index in [0.717, 1.165) is 12.8 Å². The highest BCUT2D eigenvalue weighted by Gasteiger charge is 2.36. The largest absolute Gasteiger partial charge is 0.330 e. The second-order valence-electron chi connectivity index (χ2n) is 3.31. The molecule has 0 aromatic rings. The fourth-order valence-corrected chi connectivity index (χ4v) is 1.55. The molecule has 0 radical (unpaired) electrons. The number of carbonyl (C=O) groups excluding carboxylic acids is 2. The Morgan fingerprint density at radius 1 is 1.42 bits per heavy atom. The molecule has 3 nitrogen and oxygen atoms in total. The van der Waals surface area contributed by atoms with Crippen LogP contribution in [0.3, 0.4) is 0 Å². The molecule has 12 heavy (non-hydrogen) atoms. The summed E-state index contributed by atoms with van der Waals surface area (Å²) in [6.45, 7) is 3.88. The van der Waals surface area contributed by atoms with Crippen LogP contribution in [-0.2, 0) is 9.59 Å². The molecule has 1 amide bonds. The first-order valence-electron chi connectivity index (χ1n) is 4.06. The van der Waals surface area contributed by atoms with E-state index in [0.29, 0.717) is 6.04 Å². The molecule has 0 atom stereocenters. The van der Waals surface area contributed by atoms with Crippen molar-refractivity contribution in [1.82, 2.24) is 4.90 Å². The first kappa shape index (κ1) is 9.95. The van der Waals surface area contributed by atoms with Gasteiger partial charge >= 0.3 is 5.91 Å². The maximum Gasteiger partial charge on any atom is 0.301 e. The number of halogens is 1. The van der Waals surface area contributed by atoms with Gasteiger partial charge in [-0.2, -0.15) is 0 Å². The molecule has 1 fully saturated rings. The van der Waals surface area contributed by atoms with Crippen LogP contribution in [0.2, 0.25) is 0 Å². The summed E-state index contributed by atoms with van der Waals surface area (Å²) in [6.07, 6.45) is 2.10. The van der Waals surface area contributed by atoms with Gasteiger partial charge in [0.1, 0.15) is 0 Å². The number of nitrogens with zero attached hydrogens (tertiary/aromatic N) is 1. The molecule has 68 valence electrons. The van der Waals surface area contributed by atoms with E-state index in [1.807, 2.05) is 13.8 Å². The Hall–Kier alpha value is -0.130. The van der Waals surface area contributed by atoms with E-state index in [1.165, 1.54) is 0 Å². The van der Waals surface area contributed by atoms with Crippen LogP contribution in [-0.4, -0.2) is 26.7 Å². The fourth-order valence-electron chi connectivity index (χ4n) is 1.28. The summed E-state index contributed by atoms with van der Waals surface area (Å²) in [7, 11) is 0. The average Bonchev–Trinajstić information content (AvgIpc) is 2.70. The predicted molar refractivity (Wildman–Crippen MR) is 54.0 cm³/mol. The van der Waals surface area contributed by atoms with E-state index in [-0.39, 0.29) is 15.7 Å². The number of amides is 1. The average molecular weight is 281 g/mol. The Kier molecular flexibility index (Phi) is 3.09. The van der Waals surface area contributed by atoms with E-state index in [2.05, 4.69) is 0 Å². The standard InChI is InChI=1S/C8H12INO2/c1-5(2)10(6-3-4-6)8(12)7(9)11/h5-6H,3-4H2,1-2H3. The monoisotopic (exact) mass is 281 g/mol. The smallest absolute Gasteiger partial charge is 0.301 e. The van der Waals surface area contributed by atoms with Crippen molar-refractivity contribution < 1.29 is 9.59 Å². The second-order valence-corrected chi connectivity index (χ2v) is 4.29. The van der Waals surface area contributed by atoms with E-state index in [1.54, 1.807) is 27.5 Å². The van der Waals surface area contributed by atoms with E-state index >= 15 is 0 Å². The van der Waals surface area contributed by atoms with Gasteiger partial charge in [0, 0.05) is 34.7 Å². The van der Waals surface area contributed by atoms with Crippen molar-refractivity contribution in [3.05, 3.63) is 0 Å². The van der Waals surface area contributed by atoms with E-state index in [9.17, 15) is 9.59 Å². The zero-order valence-corrected chi connectivity index (χ0v) is 9.37. The van der Waals surface area contributed by atoms with Gasteiger partial charge in [-0.3, -0.25) is 9.59 Å². The molecular weight excluding hydrogens is 269 g/mol. The molecule has 4 heteroatoms. The van der Waals surface area contributed by atoms with Gasteiger partial charge in [-0.15, -0.1) is 0 Å². The summed E-state index contributed by atoms with van der Waals surface area (Å²) in [6, 6.07) is 0.472. The lowest BCUT2D eigenvalue weighted by Crippen LogP contribution is -2.41. The molecule has 1 saturated carbocycles. The predicted octanol–water partition coefficient (Wildman–Crippen LogP) is 1.35. The van der Waals surface area contributed by atoms with Crippen LogP contribution in [0.25, 0.3) is 0 Å². The van der Waals surface area contributed by atoms with Crippen molar-refractivity contribution in [2.75, 3.05) is 0 Å². The molecule has 1 aliphatic rings. The van der Waals surface area contributed by atoms with E-state index < -0.39 is 0 Å². The minimum atomic E-state index is -0.381. The van der Waals surface area contributed by atoms with Gasteiger partial charge in [0.25, 0.3) is 3.79 Å². The van der Waals surface area contributed by atoms with Crippen molar-refractivity contribution in [3.8, 4) is 0 Å². The van der Waals surface area contributed by atoms with Crippen LogP contribution in [0, 0.1) is 0 Å². The van der Waals surface area contributed by atoms with Gasteiger partial charge in [-0.25, -0.2) is 0 Å². The number of hydrogen-bond donors (Lipinski definition) is 0. The molecule has 0 saturated heterocycles. The van der Waals surface area contributed by atoms with Crippen molar-refractivity contribution in [3.63, 3.8) is 0 Å². The topological polar surface area (TPSA) is 37.4 Å². The van der Waals surface area contributed by atoms with Crippen molar-refractivity contribution in [1.29, 1.82) is 0 Å². The quantitative estimate of drug-likeness (QED) is 0.445. The molecule has 1 aliphatic carbocycles. The molecule has 0 aromatic carbocycles. The fraction of sp³-hybridized carbons (Fsp3) is 0.750. The molecule has 0 heterocycles. The zero-order valence-electron chi connectivity index (χ0n) is 7.21. The van der Waals surface area contributed by atoms with Gasteiger partial charge < -0.3 is 4.90 Å². The zero-order chi connectivity index (χ0) is 9.30. The second kappa shape index (κ2) is 3.72. The maximum absolute atomic E-state index is 11.3. The number of rotatable bonds is 3. The molecule has 0 aliphatic heterocycles. The van der Waals surface area contributed by atoms with Gasteiger partial charge in [0.05, 0.1) is 0 Å². The summed E-state index contributed by atoms with van der Waals surface area (Å²) in [5.74, 6) is -0.340. The summed E-state index contributed by atoms with van der Waals surface area (Å²) < 4.78 is -0.381. The number of hydrogen-bond acceptors (Lipinski definition) is 2. The molecule has 0 unspecified atom stereocenters. The Bertz CT molecular complexity index is 209. The van der Waals surface area contributed by atoms with Crippen LogP contribution < -0.4 is 0 Å². The van der Waals surface area contributed by atoms with Gasteiger partial charge in [0.2, 0.25) is 0 Å². The normalized spacial score (nSPS) is 16.3. The lowest BCUT2D eigenvalue weighted by atomic mass is 10.3. The summed E-state index contributed by atoms with van der Waals surface area (Å²) in [4.78, 5) is 23.8. The minimum absolute atomic E-state index is 0.142. The van der Waals surface area contributed by atoms with Crippen LogP contribution in [0.4, 0.5) is 0 Å². The van der Waals surface area contributed by atoms with Gasteiger partial charge in [-0.05, 0) is 26.7 Å². The third kappa shape index (κ3) is 2.18. The lowest BCUT2D eigenvalue weighted by Gasteiger charge is -2.24. The van der Waals surface area contributed by atoms with Crippen molar-refractivity contribution in [2.24, 2.45) is 0 Å². The van der Waals surface area contributed by atoms with Gasteiger partial charge in [-0.1, -0.05) is 0 Å². The summed E-state index contributed by atoms with van der Waals surface area (Å²) >= 11 is 1.55. The molecule has 0 spiro atoms. The summed E-state index contributed by atoms with van der Waals surface area (Å²) in [5.41, 5.74) is 0. The number of carbonyl (C=O) groups is 2. The molecule has 0 aromatic heterocycles. The minimum Gasteiger partial charge on any atom is -0.330 e. The Labute approximate surface area is 85.6 Å². The van der Waals surface area contributed by atoms with Crippen molar-refractivity contribution in [2.45, 2.75) is 38.8 Å². The first-order chi connectivity index (χ1) is 5.54. The highest BCUT2D eigenvalue weighted by Crippen LogP contribution is 2.28. The first-order valence-corrected chi connectivity index (χ1v) is 5.14. The van der Waals surface area contributed by atoms with Crippen LogP contribution in [0.1, 0.15) is 26.7 Å². The van der Waals surface area contributed by atoms with Crippen LogP contribution in [0.5, 0.6) is 0 Å². The van der Waals surface area contributed by atoms with Gasteiger partial charge in [0.15, 0.2) is 0 Å².